The second-order valence-electron chi connectivity index (χ2n) is 5.83. The number of nitrogens with one attached hydrogen (secondary N) is 3. The van der Waals surface area contributed by atoms with Gasteiger partial charge in [-0.3, -0.25) is 9.59 Å². The van der Waals surface area contributed by atoms with E-state index in [0.717, 1.165) is 6.42 Å². The summed E-state index contributed by atoms with van der Waals surface area (Å²) in [5, 5.41) is 8.67. The highest BCUT2D eigenvalue weighted by atomic mass is 16.5. The van der Waals surface area contributed by atoms with Gasteiger partial charge < -0.3 is 20.7 Å². The van der Waals surface area contributed by atoms with Crippen molar-refractivity contribution in [2.45, 2.75) is 13.3 Å². The molecule has 0 heterocycles. The summed E-state index contributed by atoms with van der Waals surface area (Å²) < 4.78 is 5.53. The molecule has 0 atom stereocenters. The van der Waals surface area contributed by atoms with E-state index in [-0.39, 0.29) is 18.4 Å². The van der Waals surface area contributed by atoms with E-state index in [9.17, 15) is 9.59 Å². The van der Waals surface area contributed by atoms with Gasteiger partial charge >= 0.3 is 0 Å². The van der Waals surface area contributed by atoms with Crippen molar-refractivity contribution < 1.29 is 14.3 Å². The van der Waals surface area contributed by atoms with E-state index < -0.39 is 0 Å². The van der Waals surface area contributed by atoms with Crippen LogP contribution in [0.15, 0.2) is 61.2 Å². The maximum absolute atomic E-state index is 12.2. The second kappa shape index (κ2) is 10.7. The summed E-state index contributed by atoms with van der Waals surface area (Å²) >= 11 is 0. The molecule has 0 spiro atoms. The Morgan fingerprint density at radius 2 is 1.96 bits per heavy atom. The predicted molar refractivity (Wildman–Crippen MR) is 108 cm³/mol. The fourth-order valence-electron chi connectivity index (χ4n) is 2.33. The van der Waals surface area contributed by atoms with Crippen molar-refractivity contribution in [3.05, 3.63) is 66.7 Å². The molecule has 0 bridgehead atoms. The highest BCUT2D eigenvalue weighted by Gasteiger charge is 2.09. The first kappa shape index (κ1) is 20.0. The van der Waals surface area contributed by atoms with Crippen LogP contribution in [0.3, 0.4) is 0 Å². The lowest BCUT2D eigenvalue weighted by atomic mass is 10.2. The number of ether oxygens (including phenoxy) is 1. The van der Waals surface area contributed by atoms with Crippen LogP contribution in [0.4, 0.5) is 11.4 Å². The van der Waals surface area contributed by atoms with Crippen molar-refractivity contribution in [2.75, 3.05) is 30.3 Å². The van der Waals surface area contributed by atoms with Crippen molar-refractivity contribution >= 4 is 23.2 Å². The topological polar surface area (TPSA) is 79.5 Å². The molecule has 2 amide bonds. The fraction of sp³-hybridized carbons (Fsp3) is 0.238. The molecule has 0 radical (unpaired) electrons. The van der Waals surface area contributed by atoms with E-state index in [2.05, 4.69) is 22.5 Å². The van der Waals surface area contributed by atoms with E-state index in [1.165, 1.54) is 0 Å². The summed E-state index contributed by atoms with van der Waals surface area (Å²) in [7, 11) is 0. The van der Waals surface area contributed by atoms with E-state index in [0.29, 0.717) is 35.8 Å². The van der Waals surface area contributed by atoms with Gasteiger partial charge in [0.15, 0.2) is 0 Å². The third-order valence-electron chi connectivity index (χ3n) is 3.63. The lowest BCUT2D eigenvalue weighted by Crippen LogP contribution is -2.24. The third-order valence-corrected chi connectivity index (χ3v) is 3.63. The largest absolute Gasteiger partial charge is 0.487 e. The molecule has 6 heteroatoms. The Morgan fingerprint density at radius 1 is 1.15 bits per heavy atom. The monoisotopic (exact) mass is 367 g/mol. The van der Waals surface area contributed by atoms with Gasteiger partial charge in [0.25, 0.3) is 5.91 Å². The molecule has 0 unspecified atom stereocenters. The first-order valence-electron chi connectivity index (χ1n) is 8.88. The van der Waals surface area contributed by atoms with E-state index in [1.54, 1.807) is 36.4 Å². The molecular weight excluding hydrogens is 342 g/mol. The van der Waals surface area contributed by atoms with Crippen LogP contribution in [0.5, 0.6) is 5.75 Å². The minimum atomic E-state index is -0.217. The van der Waals surface area contributed by atoms with Crippen molar-refractivity contribution in [3.8, 4) is 5.75 Å². The Morgan fingerprint density at radius 3 is 2.74 bits per heavy atom. The summed E-state index contributed by atoms with van der Waals surface area (Å²) in [4.78, 5) is 24.3. The second-order valence-corrected chi connectivity index (χ2v) is 5.83. The molecule has 27 heavy (non-hydrogen) atoms. The number of carbonyl (C=O) groups excluding carboxylic acids is 2. The van der Waals surface area contributed by atoms with Gasteiger partial charge in [0, 0.05) is 17.8 Å². The number of carbonyl (C=O) groups is 2. The van der Waals surface area contributed by atoms with Gasteiger partial charge in [0.2, 0.25) is 5.91 Å². The molecule has 6 nitrogen and oxygen atoms in total. The third kappa shape index (κ3) is 6.51. The van der Waals surface area contributed by atoms with Crippen LogP contribution in [0.2, 0.25) is 0 Å². The van der Waals surface area contributed by atoms with Gasteiger partial charge in [0.05, 0.1) is 12.2 Å². The first-order valence-corrected chi connectivity index (χ1v) is 8.88. The summed E-state index contributed by atoms with van der Waals surface area (Å²) in [6, 6.07) is 14.3. The maximum atomic E-state index is 12.2. The summed E-state index contributed by atoms with van der Waals surface area (Å²) in [5.41, 5.74) is 1.85. The van der Waals surface area contributed by atoms with Gasteiger partial charge in [-0.05, 0) is 36.8 Å². The fourth-order valence-corrected chi connectivity index (χ4v) is 2.33. The van der Waals surface area contributed by atoms with Crippen molar-refractivity contribution in [2.24, 2.45) is 0 Å². The molecule has 2 aromatic rings. The number of anilines is 2. The molecule has 2 rings (SSSR count). The number of hydrogen-bond acceptors (Lipinski definition) is 4. The zero-order valence-corrected chi connectivity index (χ0v) is 15.5. The van der Waals surface area contributed by atoms with Gasteiger partial charge in [-0.2, -0.15) is 0 Å². The highest BCUT2D eigenvalue weighted by Crippen LogP contribution is 2.23. The van der Waals surface area contributed by atoms with Crippen molar-refractivity contribution in [3.63, 3.8) is 0 Å². The van der Waals surface area contributed by atoms with Gasteiger partial charge in [0.1, 0.15) is 12.4 Å². The Kier molecular flexibility index (Phi) is 7.91. The summed E-state index contributed by atoms with van der Waals surface area (Å²) in [6.07, 6.45) is 2.52. The number of benzene rings is 2. The molecule has 142 valence electrons. The highest BCUT2D eigenvalue weighted by molar-refractivity contribution is 5.96. The van der Waals surface area contributed by atoms with Crippen LogP contribution >= 0.6 is 0 Å². The Bertz CT molecular complexity index is 790. The predicted octanol–water partition coefficient (Wildman–Crippen LogP) is 3.44. The standard InChI is InChI=1S/C21H25N3O3/c1-3-12-22-21(26)16-8-7-9-17(14-16)23-15-20(25)24-18-10-5-6-11-19(18)27-13-4-2/h4-11,14,23H,2-3,12-13,15H2,1H3,(H,22,26)(H,24,25). The number of para-hydroxylation sites is 2. The Hall–Kier alpha value is -3.28. The molecule has 0 aliphatic carbocycles. The summed E-state index contributed by atoms with van der Waals surface area (Å²) in [5.74, 6) is 0.240. The lowest BCUT2D eigenvalue weighted by Gasteiger charge is -2.12. The molecule has 3 N–H and O–H groups in total. The van der Waals surface area contributed by atoms with Gasteiger partial charge in [-0.15, -0.1) is 0 Å². The number of amides is 2. The van der Waals surface area contributed by atoms with E-state index in [1.807, 2.05) is 25.1 Å². The molecule has 2 aromatic carbocycles. The number of rotatable bonds is 10. The zero-order valence-electron chi connectivity index (χ0n) is 15.5. The Labute approximate surface area is 159 Å². The van der Waals surface area contributed by atoms with Crippen LogP contribution < -0.4 is 20.7 Å². The van der Waals surface area contributed by atoms with Gasteiger partial charge in [-0.1, -0.05) is 37.8 Å². The van der Waals surface area contributed by atoms with E-state index >= 15 is 0 Å². The van der Waals surface area contributed by atoms with Crippen molar-refractivity contribution in [1.82, 2.24) is 5.32 Å². The van der Waals surface area contributed by atoms with Crippen LogP contribution in [0, 0.1) is 0 Å². The average molecular weight is 367 g/mol. The van der Waals surface area contributed by atoms with Crippen molar-refractivity contribution in [1.29, 1.82) is 0 Å². The van der Waals surface area contributed by atoms with Gasteiger partial charge in [-0.25, -0.2) is 0 Å². The van der Waals surface area contributed by atoms with Crippen LogP contribution in [0.1, 0.15) is 23.7 Å². The van der Waals surface area contributed by atoms with Crippen LogP contribution in [-0.2, 0) is 4.79 Å². The smallest absolute Gasteiger partial charge is 0.251 e. The minimum absolute atomic E-state index is 0.0653. The van der Waals surface area contributed by atoms with Crippen LogP contribution in [0.25, 0.3) is 0 Å². The molecule has 0 aliphatic rings. The quantitative estimate of drug-likeness (QED) is 0.562. The minimum Gasteiger partial charge on any atom is -0.487 e. The summed E-state index contributed by atoms with van der Waals surface area (Å²) in [6.45, 7) is 6.67. The number of hydrogen-bond donors (Lipinski definition) is 3. The van der Waals surface area contributed by atoms with E-state index in [4.69, 9.17) is 4.74 Å². The lowest BCUT2D eigenvalue weighted by molar-refractivity contribution is -0.114. The maximum Gasteiger partial charge on any atom is 0.251 e. The molecular formula is C21H25N3O3. The van der Waals surface area contributed by atoms with Crippen LogP contribution in [-0.4, -0.2) is 31.5 Å². The zero-order chi connectivity index (χ0) is 19.5. The molecule has 0 fully saturated rings. The molecule has 0 saturated carbocycles. The average Bonchev–Trinajstić information content (AvgIpc) is 2.70. The first-order chi connectivity index (χ1) is 13.1. The molecule has 0 aromatic heterocycles. The molecule has 0 aliphatic heterocycles. The Balaban J connectivity index is 1.92. The molecule has 0 saturated heterocycles. The normalized spacial score (nSPS) is 9.96. The SMILES string of the molecule is C=CCOc1ccccc1NC(=O)CNc1cccc(C(=O)NCCC)c1.